The second-order valence-electron chi connectivity index (χ2n) is 2.11. The first-order valence-corrected chi connectivity index (χ1v) is 3.65. The van der Waals surface area contributed by atoms with Crippen LogP contribution in [0.15, 0.2) is 12.2 Å². The SMILES string of the molecule is [CH2]CCC=CCCC[CH2]. The van der Waals surface area contributed by atoms with Gasteiger partial charge in [-0.1, -0.05) is 32.4 Å². The maximum atomic E-state index is 3.76. The number of unbranched alkanes of at least 4 members (excludes halogenated alkanes) is 3. The number of allylic oxidation sites excluding steroid dienone is 2. The van der Waals surface area contributed by atoms with Crippen molar-refractivity contribution < 1.29 is 0 Å². The molecule has 2 radical (unpaired) electrons. The molecular formula is C9H16. The summed E-state index contributed by atoms with van der Waals surface area (Å²) < 4.78 is 0. The average Bonchev–Trinajstić information content (AvgIpc) is 1.89. The van der Waals surface area contributed by atoms with Crippen molar-refractivity contribution in [1.29, 1.82) is 0 Å². The smallest absolute Gasteiger partial charge is 0.0351 e. The molecule has 9 heavy (non-hydrogen) atoms. The van der Waals surface area contributed by atoms with Crippen LogP contribution in [0.4, 0.5) is 0 Å². The van der Waals surface area contributed by atoms with E-state index in [0.717, 1.165) is 19.3 Å². The van der Waals surface area contributed by atoms with Gasteiger partial charge >= 0.3 is 0 Å². The molecule has 0 fully saturated rings. The quantitative estimate of drug-likeness (QED) is 0.390. The molecule has 0 amide bonds. The zero-order chi connectivity index (χ0) is 6.95. The third-order valence-electron chi connectivity index (χ3n) is 1.16. The summed E-state index contributed by atoms with van der Waals surface area (Å²) in [5.74, 6) is 0. The van der Waals surface area contributed by atoms with Gasteiger partial charge in [-0.3, -0.25) is 0 Å². The molecular weight excluding hydrogens is 108 g/mol. The second-order valence-corrected chi connectivity index (χ2v) is 2.11. The maximum Gasteiger partial charge on any atom is -0.0351 e. The molecule has 0 N–H and O–H groups in total. The fourth-order valence-corrected chi connectivity index (χ4v) is 0.616. The van der Waals surface area contributed by atoms with Crippen molar-refractivity contribution in [2.24, 2.45) is 0 Å². The summed E-state index contributed by atoms with van der Waals surface area (Å²) in [5, 5.41) is 0. The Hall–Kier alpha value is -0.260. The largest absolute Gasteiger partial charge is 0.0885 e. The topological polar surface area (TPSA) is 0 Å². The van der Waals surface area contributed by atoms with Crippen LogP contribution in [-0.2, 0) is 0 Å². The van der Waals surface area contributed by atoms with Crippen molar-refractivity contribution in [3.63, 3.8) is 0 Å². The van der Waals surface area contributed by atoms with Crippen LogP contribution in [0.5, 0.6) is 0 Å². The molecule has 0 saturated carbocycles. The fourth-order valence-electron chi connectivity index (χ4n) is 0.616. The lowest BCUT2D eigenvalue weighted by molar-refractivity contribution is 0.860. The van der Waals surface area contributed by atoms with Crippen LogP contribution in [0, 0.1) is 13.8 Å². The Morgan fingerprint density at radius 3 is 2.11 bits per heavy atom. The third kappa shape index (κ3) is 7.74. The summed E-state index contributed by atoms with van der Waals surface area (Å²) in [4.78, 5) is 0. The van der Waals surface area contributed by atoms with E-state index in [1.165, 1.54) is 12.8 Å². The van der Waals surface area contributed by atoms with Gasteiger partial charge in [-0.2, -0.15) is 0 Å². The predicted octanol–water partition coefficient (Wildman–Crippen LogP) is 3.16. The molecule has 0 heteroatoms. The Kier molecular flexibility index (Phi) is 7.52. The highest BCUT2D eigenvalue weighted by Crippen LogP contribution is 1.96. The van der Waals surface area contributed by atoms with Crippen molar-refractivity contribution >= 4 is 0 Å². The molecule has 0 aromatic heterocycles. The highest BCUT2D eigenvalue weighted by atomic mass is 13.8. The summed E-state index contributed by atoms with van der Waals surface area (Å²) in [6.45, 7) is 7.50. The van der Waals surface area contributed by atoms with E-state index in [0.29, 0.717) is 0 Å². The monoisotopic (exact) mass is 124 g/mol. The first-order valence-electron chi connectivity index (χ1n) is 3.65. The highest BCUT2D eigenvalue weighted by Gasteiger charge is 1.76. The van der Waals surface area contributed by atoms with E-state index >= 15 is 0 Å². The van der Waals surface area contributed by atoms with Gasteiger partial charge < -0.3 is 0 Å². The van der Waals surface area contributed by atoms with Gasteiger partial charge in [0.05, 0.1) is 0 Å². The Bertz CT molecular complexity index is 62.4. The first-order chi connectivity index (χ1) is 4.41. The minimum atomic E-state index is 1.01. The van der Waals surface area contributed by atoms with Gasteiger partial charge in [-0.15, -0.1) is 0 Å². The molecule has 0 bridgehead atoms. The lowest BCUT2D eigenvalue weighted by Gasteiger charge is -1.87. The zero-order valence-corrected chi connectivity index (χ0v) is 6.10. The van der Waals surface area contributed by atoms with Crippen LogP contribution in [0.1, 0.15) is 32.1 Å². The zero-order valence-electron chi connectivity index (χ0n) is 6.10. The van der Waals surface area contributed by atoms with Gasteiger partial charge in [0.25, 0.3) is 0 Å². The van der Waals surface area contributed by atoms with Gasteiger partial charge in [-0.05, 0) is 25.7 Å². The summed E-state index contributed by atoms with van der Waals surface area (Å²) in [5.41, 5.74) is 0. The van der Waals surface area contributed by atoms with Gasteiger partial charge in [0.15, 0.2) is 0 Å². The predicted molar refractivity (Wildman–Crippen MR) is 42.9 cm³/mol. The number of rotatable bonds is 5. The van der Waals surface area contributed by atoms with Crippen LogP contribution < -0.4 is 0 Å². The normalized spacial score (nSPS) is 10.9. The van der Waals surface area contributed by atoms with Gasteiger partial charge in [0.2, 0.25) is 0 Å². The Labute approximate surface area is 59.0 Å². The van der Waals surface area contributed by atoms with E-state index in [-0.39, 0.29) is 0 Å². The van der Waals surface area contributed by atoms with Crippen LogP contribution in [0.25, 0.3) is 0 Å². The summed E-state index contributed by atoms with van der Waals surface area (Å²) >= 11 is 0. The lowest BCUT2D eigenvalue weighted by atomic mass is 10.2. The molecule has 0 aliphatic heterocycles. The molecule has 0 aliphatic rings. The molecule has 0 aliphatic carbocycles. The molecule has 0 spiro atoms. The van der Waals surface area contributed by atoms with Gasteiger partial charge in [0.1, 0.15) is 0 Å². The van der Waals surface area contributed by atoms with Gasteiger partial charge in [-0.25, -0.2) is 0 Å². The lowest BCUT2D eigenvalue weighted by Crippen LogP contribution is -1.67. The summed E-state index contributed by atoms with van der Waals surface area (Å²) in [7, 11) is 0. The average molecular weight is 124 g/mol. The molecule has 0 aromatic carbocycles. The van der Waals surface area contributed by atoms with Crippen LogP contribution in [0.3, 0.4) is 0 Å². The van der Waals surface area contributed by atoms with Crippen LogP contribution >= 0.6 is 0 Å². The standard InChI is InChI=1S/C9H16/c1-3-5-7-9-8-6-4-2/h7,9H,1-6,8H2. The molecule has 0 rings (SSSR count). The van der Waals surface area contributed by atoms with Crippen molar-refractivity contribution in [1.82, 2.24) is 0 Å². The van der Waals surface area contributed by atoms with Crippen LogP contribution in [-0.4, -0.2) is 0 Å². The summed E-state index contributed by atoms with van der Waals surface area (Å²) in [6, 6.07) is 0. The van der Waals surface area contributed by atoms with Gasteiger partial charge in [0, 0.05) is 0 Å². The highest BCUT2D eigenvalue weighted by molar-refractivity contribution is 4.81. The first kappa shape index (κ1) is 8.74. The third-order valence-corrected chi connectivity index (χ3v) is 1.16. The number of hydrogen-bond acceptors (Lipinski definition) is 0. The van der Waals surface area contributed by atoms with E-state index in [4.69, 9.17) is 0 Å². The molecule has 0 saturated heterocycles. The van der Waals surface area contributed by atoms with E-state index in [1.807, 2.05) is 0 Å². The molecule has 0 heterocycles. The molecule has 0 unspecified atom stereocenters. The molecule has 0 nitrogen and oxygen atoms in total. The van der Waals surface area contributed by atoms with Crippen LogP contribution in [0.2, 0.25) is 0 Å². The number of hydrogen-bond donors (Lipinski definition) is 0. The maximum absolute atomic E-state index is 3.76. The minimum Gasteiger partial charge on any atom is -0.0885 e. The minimum absolute atomic E-state index is 1.01. The van der Waals surface area contributed by atoms with E-state index in [2.05, 4.69) is 26.0 Å². The Morgan fingerprint density at radius 1 is 0.889 bits per heavy atom. The van der Waals surface area contributed by atoms with Crippen molar-refractivity contribution in [2.45, 2.75) is 32.1 Å². The molecule has 52 valence electrons. The molecule has 0 aromatic rings. The van der Waals surface area contributed by atoms with E-state index < -0.39 is 0 Å². The van der Waals surface area contributed by atoms with E-state index in [1.54, 1.807) is 0 Å². The summed E-state index contributed by atoms with van der Waals surface area (Å²) in [6.07, 6.45) is 10.0. The van der Waals surface area contributed by atoms with Crippen molar-refractivity contribution in [3.8, 4) is 0 Å². The Balaban J connectivity index is 2.86. The second kappa shape index (κ2) is 7.74. The fraction of sp³-hybridized carbons (Fsp3) is 0.556. The molecule has 0 atom stereocenters. The van der Waals surface area contributed by atoms with Crippen molar-refractivity contribution in [2.75, 3.05) is 0 Å². The van der Waals surface area contributed by atoms with Crippen molar-refractivity contribution in [3.05, 3.63) is 26.0 Å². The Morgan fingerprint density at radius 2 is 1.56 bits per heavy atom. The van der Waals surface area contributed by atoms with E-state index in [9.17, 15) is 0 Å².